The number of hydrogen-bond acceptors (Lipinski definition) is 2. The topological polar surface area (TPSA) is 17.1 Å². The van der Waals surface area contributed by atoms with Crippen LogP contribution in [0.1, 0.15) is 25.3 Å². The van der Waals surface area contributed by atoms with Crippen molar-refractivity contribution >= 4 is 17.5 Å². The van der Waals surface area contributed by atoms with Crippen molar-refractivity contribution in [2.24, 2.45) is 0 Å². The molecule has 0 bridgehead atoms. The van der Waals surface area contributed by atoms with Gasteiger partial charge in [0.25, 0.3) is 0 Å². The fourth-order valence-corrected chi connectivity index (χ4v) is 2.23. The quantitative estimate of drug-likeness (QED) is 0.546. The highest BCUT2D eigenvalue weighted by Gasteiger charge is 2.04. The Balaban J connectivity index is 2.37. The van der Waals surface area contributed by atoms with E-state index in [9.17, 15) is 4.79 Å². The van der Waals surface area contributed by atoms with E-state index in [4.69, 9.17) is 0 Å². The lowest BCUT2D eigenvalue weighted by Crippen LogP contribution is -2.01. The first kappa shape index (κ1) is 13.0. The molecule has 0 N–H and O–H groups in total. The molecule has 0 amide bonds. The minimum atomic E-state index is 0.302. The standard InChI is InChI=1S/C14H18OS/c1-11(2)8-9-13(15)10-16-14-7-5-4-6-12(14)3/h4-7H,1,8-10H2,2-3H3. The highest BCUT2D eigenvalue weighted by molar-refractivity contribution is 8.00. The average molecular weight is 234 g/mol. The SMILES string of the molecule is C=C(C)CCC(=O)CSc1ccccc1C. The van der Waals surface area contributed by atoms with Gasteiger partial charge >= 0.3 is 0 Å². The van der Waals surface area contributed by atoms with Crippen LogP contribution in [-0.4, -0.2) is 11.5 Å². The second kappa shape index (κ2) is 6.54. The van der Waals surface area contributed by atoms with Crippen molar-refractivity contribution in [3.8, 4) is 0 Å². The molecule has 0 saturated carbocycles. The maximum Gasteiger partial charge on any atom is 0.143 e. The van der Waals surface area contributed by atoms with Crippen LogP contribution in [0.25, 0.3) is 0 Å². The molecule has 0 fully saturated rings. The number of carbonyl (C=O) groups is 1. The Bertz CT molecular complexity index is 382. The number of allylic oxidation sites excluding steroid dienone is 1. The second-order valence-electron chi connectivity index (χ2n) is 4.05. The summed E-state index contributed by atoms with van der Waals surface area (Å²) in [6, 6.07) is 8.16. The van der Waals surface area contributed by atoms with E-state index < -0.39 is 0 Å². The number of hydrogen-bond donors (Lipinski definition) is 0. The molecule has 0 spiro atoms. The van der Waals surface area contributed by atoms with Crippen LogP contribution in [0.15, 0.2) is 41.3 Å². The van der Waals surface area contributed by atoms with E-state index in [1.807, 2.05) is 19.1 Å². The van der Waals surface area contributed by atoms with Crippen LogP contribution in [0.5, 0.6) is 0 Å². The van der Waals surface area contributed by atoms with Crippen LogP contribution < -0.4 is 0 Å². The van der Waals surface area contributed by atoms with Gasteiger partial charge in [0.1, 0.15) is 5.78 Å². The first-order chi connectivity index (χ1) is 7.59. The predicted octanol–water partition coefficient (Wildman–Crippen LogP) is 4.01. The van der Waals surface area contributed by atoms with E-state index in [0.29, 0.717) is 18.0 Å². The molecule has 16 heavy (non-hydrogen) atoms. The van der Waals surface area contributed by atoms with Crippen molar-refractivity contribution in [1.29, 1.82) is 0 Å². The zero-order valence-corrected chi connectivity index (χ0v) is 10.8. The molecule has 0 radical (unpaired) electrons. The Morgan fingerprint density at radius 3 is 2.62 bits per heavy atom. The molecule has 0 aliphatic heterocycles. The minimum absolute atomic E-state index is 0.302. The second-order valence-corrected chi connectivity index (χ2v) is 5.07. The molecule has 0 aliphatic rings. The molecule has 1 aromatic rings. The van der Waals surface area contributed by atoms with Crippen LogP contribution in [-0.2, 0) is 4.79 Å². The Kier molecular flexibility index (Phi) is 5.33. The number of Topliss-reactive ketones (excluding diaryl/α,β-unsaturated/α-hetero) is 1. The summed E-state index contributed by atoms with van der Waals surface area (Å²) in [5.41, 5.74) is 2.31. The van der Waals surface area contributed by atoms with Crippen LogP contribution in [0.4, 0.5) is 0 Å². The zero-order chi connectivity index (χ0) is 12.0. The van der Waals surface area contributed by atoms with Gasteiger partial charge in [-0.2, -0.15) is 0 Å². The van der Waals surface area contributed by atoms with Crippen molar-refractivity contribution in [1.82, 2.24) is 0 Å². The lowest BCUT2D eigenvalue weighted by Gasteiger charge is -2.04. The third kappa shape index (κ3) is 4.67. The highest BCUT2D eigenvalue weighted by atomic mass is 32.2. The number of aryl methyl sites for hydroxylation is 1. The first-order valence-corrected chi connectivity index (χ1v) is 6.42. The van der Waals surface area contributed by atoms with Gasteiger partial charge < -0.3 is 0 Å². The summed E-state index contributed by atoms with van der Waals surface area (Å²) in [5, 5.41) is 0. The molecular formula is C14H18OS. The van der Waals surface area contributed by atoms with Gasteiger partial charge in [-0.1, -0.05) is 23.8 Å². The van der Waals surface area contributed by atoms with Gasteiger partial charge in [-0.3, -0.25) is 4.79 Å². The summed E-state index contributed by atoms with van der Waals surface area (Å²) >= 11 is 1.63. The van der Waals surface area contributed by atoms with Crippen LogP contribution in [0.3, 0.4) is 0 Å². The molecular weight excluding hydrogens is 216 g/mol. The lowest BCUT2D eigenvalue weighted by atomic mass is 10.1. The summed E-state index contributed by atoms with van der Waals surface area (Å²) in [5.74, 6) is 0.870. The van der Waals surface area contributed by atoms with Crippen LogP contribution in [0.2, 0.25) is 0 Å². The van der Waals surface area contributed by atoms with Gasteiger partial charge in [-0.05, 0) is 31.9 Å². The maximum absolute atomic E-state index is 11.6. The minimum Gasteiger partial charge on any atom is -0.299 e. The summed E-state index contributed by atoms with van der Waals surface area (Å²) in [4.78, 5) is 12.8. The Morgan fingerprint density at radius 1 is 1.31 bits per heavy atom. The molecule has 2 heteroatoms. The molecule has 0 aromatic heterocycles. The third-order valence-electron chi connectivity index (χ3n) is 2.31. The van der Waals surface area contributed by atoms with Crippen molar-refractivity contribution in [2.75, 3.05) is 5.75 Å². The smallest absolute Gasteiger partial charge is 0.143 e. The molecule has 0 saturated heterocycles. The van der Waals surface area contributed by atoms with Gasteiger partial charge in [0, 0.05) is 11.3 Å². The number of carbonyl (C=O) groups excluding carboxylic acids is 1. The summed E-state index contributed by atoms with van der Waals surface area (Å²) < 4.78 is 0. The number of ketones is 1. The van der Waals surface area contributed by atoms with E-state index in [-0.39, 0.29) is 0 Å². The van der Waals surface area contributed by atoms with Crippen molar-refractivity contribution in [3.63, 3.8) is 0 Å². The molecule has 0 atom stereocenters. The fourth-order valence-electron chi connectivity index (χ4n) is 1.30. The molecule has 0 heterocycles. The van der Waals surface area contributed by atoms with Gasteiger partial charge in [0.2, 0.25) is 0 Å². The zero-order valence-electron chi connectivity index (χ0n) is 9.95. The largest absolute Gasteiger partial charge is 0.299 e. The Hall–Kier alpha value is -1.02. The number of rotatable bonds is 6. The molecule has 0 unspecified atom stereocenters. The monoisotopic (exact) mass is 234 g/mol. The predicted molar refractivity (Wildman–Crippen MR) is 71.0 cm³/mol. The van der Waals surface area contributed by atoms with E-state index in [1.165, 1.54) is 10.5 Å². The first-order valence-electron chi connectivity index (χ1n) is 5.44. The van der Waals surface area contributed by atoms with E-state index >= 15 is 0 Å². The van der Waals surface area contributed by atoms with Crippen molar-refractivity contribution < 1.29 is 4.79 Å². The third-order valence-corrected chi connectivity index (χ3v) is 3.55. The van der Waals surface area contributed by atoms with Gasteiger partial charge in [-0.25, -0.2) is 0 Å². The summed E-state index contributed by atoms with van der Waals surface area (Å²) in [6.45, 7) is 7.83. The van der Waals surface area contributed by atoms with E-state index in [1.54, 1.807) is 11.8 Å². The van der Waals surface area contributed by atoms with E-state index in [0.717, 1.165) is 12.0 Å². The van der Waals surface area contributed by atoms with Crippen LogP contribution >= 0.6 is 11.8 Å². The van der Waals surface area contributed by atoms with Gasteiger partial charge in [0.05, 0.1) is 5.75 Å². The average Bonchev–Trinajstić information content (AvgIpc) is 2.25. The summed E-state index contributed by atoms with van der Waals surface area (Å²) in [7, 11) is 0. The molecule has 1 aromatic carbocycles. The van der Waals surface area contributed by atoms with Crippen LogP contribution in [0, 0.1) is 6.92 Å². The van der Waals surface area contributed by atoms with Gasteiger partial charge in [-0.15, -0.1) is 18.3 Å². The van der Waals surface area contributed by atoms with E-state index in [2.05, 4.69) is 25.6 Å². The number of thioether (sulfide) groups is 1. The Labute approximate surface area is 102 Å². The highest BCUT2D eigenvalue weighted by Crippen LogP contribution is 2.22. The summed E-state index contributed by atoms with van der Waals surface area (Å²) in [6.07, 6.45) is 1.43. The lowest BCUT2D eigenvalue weighted by molar-refractivity contribution is -0.116. The van der Waals surface area contributed by atoms with Crippen molar-refractivity contribution in [2.45, 2.75) is 31.6 Å². The van der Waals surface area contributed by atoms with Crippen molar-refractivity contribution in [3.05, 3.63) is 42.0 Å². The van der Waals surface area contributed by atoms with Gasteiger partial charge in [0.15, 0.2) is 0 Å². The molecule has 0 aliphatic carbocycles. The number of benzene rings is 1. The normalized spacial score (nSPS) is 10.1. The Morgan fingerprint density at radius 2 is 2.00 bits per heavy atom. The maximum atomic E-state index is 11.6. The molecule has 1 rings (SSSR count). The fraction of sp³-hybridized carbons (Fsp3) is 0.357. The molecule has 86 valence electrons. The molecule has 1 nitrogen and oxygen atoms in total.